The van der Waals surface area contributed by atoms with E-state index in [1.54, 1.807) is 7.11 Å². The second kappa shape index (κ2) is 10.7. The average Bonchev–Trinajstić information content (AvgIpc) is 2.55. The van der Waals surface area contributed by atoms with Crippen LogP contribution in [-0.2, 0) is 6.54 Å². The zero-order chi connectivity index (χ0) is 15.8. The highest BCUT2D eigenvalue weighted by atomic mass is 127. The van der Waals surface area contributed by atoms with E-state index < -0.39 is 0 Å². The number of benzene rings is 1. The number of hydrogen-bond donors (Lipinski definition) is 2. The molecule has 6 heteroatoms. The molecular weight excluding hydrogens is 403 g/mol. The number of methoxy groups -OCH3 is 1. The van der Waals surface area contributed by atoms with E-state index in [1.165, 1.54) is 19.4 Å². The maximum atomic E-state index is 5.37. The molecule has 1 aliphatic heterocycles. The second-order valence-corrected chi connectivity index (χ2v) is 5.89. The summed E-state index contributed by atoms with van der Waals surface area (Å²) in [6, 6.07) is 8.04. The van der Waals surface area contributed by atoms with Crippen molar-refractivity contribution in [1.82, 2.24) is 15.5 Å². The number of aliphatic imine (C=N–C) groups is 1. The standard InChI is InChI=1S/C17H28N4O.HI/c1-18-17(19-11-14-7-6-10-21(2)13-14)20-12-15-8-4-5-9-16(15)22-3;/h4-5,8-9,14H,6-7,10-13H2,1-3H3,(H2,18,19,20);1H. The molecule has 130 valence electrons. The third-order valence-electron chi connectivity index (χ3n) is 4.14. The predicted octanol–water partition coefficient (Wildman–Crippen LogP) is 2.32. The Labute approximate surface area is 156 Å². The topological polar surface area (TPSA) is 48.9 Å². The first-order chi connectivity index (χ1) is 10.7. The molecule has 0 aliphatic carbocycles. The quantitative estimate of drug-likeness (QED) is 0.426. The van der Waals surface area contributed by atoms with Crippen LogP contribution in [0.4, 0.5) is 0 Å². The van der Waals surface area contributed by atoms with Crippen molar-refractivity contribution in [2.24, 2.45) is 10.9 Å². The minimum atomic E-state index is 0. The fraction of sp³-hybridized carbons (Fsp3) is 0.588. The predicted molar refractivity (Wildman–Crippen MR) is 107 cm³/mol. The van der Waals surface area contributed by atoms with Crippen molar-refractivity contribution in [3.05, 3.63) is 29.8 Å². The molecule has 1 atom stereocenters. The van der Waals surface area contributed by atoms with Gasteiger partial charge in [-0.2, -0.15) is 0 Å². The molecule has 5 nitrogen and oxygen atoms in total. The van der Waals surface area contributed by atoms with Gasteiger partial charge in [0, 0.05) is 32.2 Å². The lowest BCUT2D eigenvalue weighted by Crippen LogP contribution is -2.43. The summed E-state index contributed by atoms with van der Waals surface area (Å²) in [7, 11) is 5.71. The molecule has 0 radical (unpaired) electrons. The van der Waals surface area contributed by atoms with E-state index in [-0.39, 0.29) is 24.0 Å². The van der Waals surface area contributed by atoms with Gasteiger partial charge in [-0.3, -0.25) is 4.99 Å². The Morgan fingerprint density at radius 3 is 2.83 bits per heavy atom. The maximum absolute atomic E-state index is 5.37. The highest BCUT2D eigenvalue weighted by Crippen LogP contribution is 2.16. The van der Waals surface area contributed by atoms with Gasteiger partial charge in [-0.1, -0.05) is 18.2 Å². The number of nitrogens with zero attached hydrogens (tertiary/aromatic N) is 2. The summed E-state index contributed by atoms with van der Waals surface area (Å²) < 4.78 is 5.37. The van der Waals surface area contributed by atoms with Crippen LogP contribution in [0.3, 0.4) is 0 Å². The molecule has 0 spiro atoms. The van der Waals surface area contributed by atoms with Crippen LogP contribution in [0.25, 0.3) is 0 Å². The van der Waals surface area contributed by atoms with Crippen molar-refractivity contribution >= 4 is 29.9 Å². The fourth-order valence-corrected chi connectivity index (χ4v) is 2.93. The van der Waals surface area contributed by atoms with E-state index in [1.807, 2.05) is 25.2 Å². The van der Waals surface area contributed by atoms with Gasteiger partial charge in [0.15, 0.2) is 5.96 Å². The van der Waals surface area contributed by atoms with Crippen LogP contribution < -0.4 is 15.4 Å². The van der Waals surface area contributed by atoms with Crippen molar-refractivity contribution in [1.29, 1.82) is 0 Å². The normalized spacial score (nSPS) is 18.9. The van der Waals surface area contributed by atoms with Crippen LogP contribution in [0.15, 0.2) is 29.3 Å². The maximum Gasteiger partial charge on any atom is 0.191 e. The number of guanidine groups is 1. The van der Waals surface area contributed by atoms with E-state index in [2.05, 4.69) is 33.6 Å². The molecule has 1 saturated heterocycles. The number of piperidine rings is 1. The number of halogens is 1. The summed E-state index contributed by atoms with van der Waals surface area (Å²) in [6.07, 6.45) is 2.58. The van der Waals surface area contributed by atoms with Gasteiger partial charge in [-0.15, -0.1) is 24.0 Å². The van der Waals surface area contributed by atoms with Crippen molar-refractivity contribution < 1.29 is 4.74 Å². The zero-order valence-electron chi connectivity index (χ0n) is 14.3. The molecular formula is C17H29IN4O. The number of ether oxygens (including phenoxy) is 1. The van der Waals surface area contributed by atoms with E-state index in [0.29, 0.717) is 12.5 Å². The van der Waals surface area contributed by atoms with Gasteiger partial charge in [0.25, 0.3) is 0 Å². The third-order valence-corrected chi connectivity index (χ3v) is 4.14. The molecule has 1 fully saturated rings. The largest absolute Gasteiger partial charge is 0.496 e. The Bertz CT molecular complexity index is 495. The Kier molecular flexibility index (Phi) is 9.31. The summed E-state index contributed by atoms with van der Waals surface area (Å²) in [5, 5.41) is 6.80. The Balaban J connectivity index is 0.00000264. The van der Waals surface area contributed by atoms with Crippen molar-refractivity contribution in [3.63, 3.8) is 0 Å². The highest BCUT2D eigenvalue weighted by molar-refractivity contribution is 14.0. The lowest BCUT2D eigenvalue weighted by atomic mass is 9.99. The Morgan fingerprint density at radius 2 is 2.13 bits per heavy atom. The minimum Gasteiger partial charge on any atom is -0.496 e. The molecule has 1 unspecified atom stereocenters. The lowest BCUT2D eigenvalue weighted by molar-refractivity contribution is 0.210. The average molecular weight is 432 g/mol. The van der Waals surface area contributed by atoms with Gasteiger partial charge in [0.05, 0.1) is 7.11 Å². The molecule has 0 bridgehead atoms. The molecule has 0 saturated carbocycles. The van der Waals surface area contributed by atoms with Gasteiger partial charge in [-0.05, 0) is 38.4 Å². The smallest absolute Gasteiger partial charge is 0.191 e. The Hall–Kier alpha value is -1.02. The second-order valence-electron chi connectivity index (χ2n) is 5.89. The van der Waals surface area contributed by atoms with Crippen molar-refractivity contribution in [3.8, 4) is 5.75 Å². The summed E-state index contributed by atoms with van der Waals surface area (Å²) in [5.41, 5.74) is 1.13. The number of rotatable bonds is 5. The van der Waals surface area contributed by atoms with Crippen molar-refractivity contribution in [2.45, 2.75) is 19.4 Å². The molecule has 1 aromatic carbocycles. The summed E-state index contributed by atoms with van der Waals surface area (Å²) in [4.78, 5) is 6.71. The SMILES string of the molecule is CN=C(NCc1ccccc1OC)NCC1CCCN(C)C1.I. The number of para-hydroxylation sites is 1. The number of nitrogens with one attached hydrogen (secondary N) is 2. The first kappa shape index (κ1) is 20.0. The van der Waals surface area contributed by atoms with Crippen LogP contribution in [0.2, 0.25) is 0 Å². The van der Waals surface area contributed by atoms with Crippen LogP contribution >= 0.6 is 24.0 Å². The molecule has 0 aromatic heterocycles. The summed E-state index contributed by atoms with van der Waals surface area (Å²) >= 11 is 0. The summed E-state index contributed by atoms with van der Waals surface area (Å²) in [6.45, 7) is 4.05. The number of likely N-dealkylation sites (tertiary alicyclic amines) is 1. The molecule has 2 N–H and O–H groups in total. The van der Waals surface area contributed by atoms with Crippen LogP contribution in [-0.4, -0.2) is 51.7 Å². The van der Waals surface area contributed by atoms with Gasteiger partial charge in [-0.25, -0.2) is 0 Å². The zero-order valence-corrected chi connectivity index (χ0v) is 16.7. The van der Waals surface area contributed by atoms with E-state index in [4.69, 9.17) is 4.74 Å². The molecule has 1 heterocycles. The monoisotopic (exact) mass is 432 g/mol. The molecule has 2 rings (SSSR count). The van der Waals surface area contributed by atoms with Crippen LogP contribution in [0.1, 0.15) is 18.4 Å². The van der Waals surface area contributed by atoms with Gasteiger partial charge >= 0.3 is 0 Å². The van der Waals surface area contributed by atoms with Gasteiger partial charge in [0.2, 0.25) is 0 Å². The molecule has 0 amide bonds. The van der Waals surface area contributed by atoms with Gasteiger partial charge in [0.1, 0.15) is 5.75 Å². The first-order valence-corrected chi connectivity index (χ1v) is 7.98. The summed E-state index contributed by atoms with van der Waals surface area (Å²) in [5.74, 6) is 2.45. The first-order valence-electron chi connectivity index (χ1n) is 7.98. The van der Waals surface area contributed by atoms with Crippen molar-refractivity contribution in [2.75, 3.05) is 40.8 Å². The molecule has 1 aliphatic rings. The lowest BCUT2D eigenvalue weighted by Gasteiger charge is -2.30. The third kappa shape index (κ3) is 6.55. The van der Waals surface area contributed by atoms with Crippen LogP contribution in [0, 0.1) is 5.92 Å². The minimum absolute atomic E-state index is 0. The number of hydrogen-bond acceptors (Lipinski definition) is 3. The van der Waals surface area contributed by atoms with E-state index >= 15 is 0 Å². The fourth-order valence-electron chi connectivity index (χ4n) is 2.93. The van der Waals surface area contributed by atoms with E-state index in [9.17, 15) is 0 Å². The molecule has 1 aromatic rings. The Morgan fingerprint density at radius 1 is 1.35 bits per heavy atom. The van der Waals surface area contributed by atoms with Gasteiger partial charge < -0.3 is 20.3 Å². The highest BCUT2D eigenvalue weighted by Gasteiger charge is 2.17. The van der Waals surface area contributed by atoms with Crippen LogP contribution in [0.5, 0.6) is 5.75 Å². The molecule has 23 heavy (non-hydrogen) atoms. The van der Waals surface area contributed by atoms with E-state index in [0.717, 1.165) is 30.4 Å².